The molecule has 0 aliphatic carbocycles. The largest absolute Gasteiger partial charge is 0.385 e. The van der Waals surface area contributed by atoms with Gasteiger partial charge in [0.2, 0.25) is 0 Å². The normalized spacial score (nSPS) is 18.5. The molecule has 0 saturated carbocycles. The molecule has 82 valence electrons. The first-order valence-electron chi connectivity index (χ1n) is 5.23. The van der Waals surface area contributed by atoms with Crippen molar-refractivity contribution in [3.8, 4) is 0 Å². The van der Waals surface area contributed by atoms with E-state index >= 15 is 0 Å². The highest BCUT2D eigenvalue weighted by Crippen LogP contribution is 2.36. The van der Waals surface area contributed by atoms with Crippen LogP contribution in [0.1, 0.15) is 12.0 Å². The Kier molecular flexibility index (Phi) is 3.29. The molecule has 1 aromatic carbocycles. The summed E-state index contributed by atoms with van der Waals surface area (Å²) in [4.78, 5) is 0. The van der Waals surface area contributed by atoms with E-state index in [9.17, 15) is 0 Å². The van der Waals surface area contributed by atoms with E-state index in [1.165, 1.54) is 5.56 Å². The molecule has 0 bridgehead atoms. The van der Waals surface area contributed by atoms with Crippen LogP contribution in [0.3, 0.4) is 0 Å². The topological polar surface area (TPSA) is 21.3 Å². The average molecular weight is 226 g/mol. The van der Waals surface area contributed by atoms with E-state index in [2.05, 4.69) is 11.4 Å². The van der Waals surface area contributed by atoms with Gasteiger partial charge in [-0.05, 0) is 18.1 Å². The summed E-state index contributed by atoms with van der Waals surface area (Å²) in [6.45, 7) is 2.78. The minimum absolute atomic E-state index is 0.189. The van der Waals surface area contributed by atoms with Gasteiger partial charge in [-0.25, -0.2) is 0 Å². The van der Waals surface area contributed by atoms with Gasteiger partial charge in [0.15, 0.2) is 0 Å². The first-order valence-corrected chi connectivity index (χ1v) is 5.61. The summed E-state index contributed by atoms with van der Waals surface area (Å²) in [6, 6.07) is 8.11. The number of hydrogen-bond donors (Lipinski definition) is 1. The second-order valence-electron chi connectivity index (χ2n) is 4.11. The molecule has 0 radical (unpaired) electrons. The molecule has 2 nitrogen and oxygen atoms in total. The van der Waals surface area contributed by atoms with E-state index in [4.69, 9.17) is 16.3 Å². The molecule has 0 aromatic heterocycles. The van der Waals surface area contributed by atoms with Crippen LogP contribution in [0.2, 0.25) is 5.02 Å². The van der Waals surface area contributed by atoms with Crippen molar-refractivity contribution in [3.63, 3.8) is 0 Å². The average Bonchev–Trinajstić information content (AvgIpc) is 2.19. The Bertz CT molecular complexity index is 336. The molecular weight excluding hydrogens is 210 g/mol. The summed E-state index contributed by atoms with van der Waals surface area (Å²) < 4.78 is 5.16. The van der Waals surface area contributed by atoms with E-state index < -0.39 is 0 Å². The van der Waals surface area contributed by atoms with Gasteiger partial charge < -0.3 is 10.1 Å². The molecule has 1 N–H and O–H groups in total. The summed E-state index contributed by atoms with van der Waals surface area (Å²) in [5, 5.41) is 4.19. The summed E-state index contributed by atoms with van der Waals surface area (Å²) in [5.41, 5.74) is 1.44. The van der Waals surface area contributed by atoms with Crippen molar-refractivity contribution in [1.82, 2.24) is 5.32 Å². The van der Waals surface area contributed by atoms with Gasteiger partial charge in [0.1, 0.15) is 0 Å². The lowest BCUT2D eigenvalue weighted by atomic mass is 9.73. The smallest absolute Gasteiger partial charge is 0.0471 e. The quantitative estimate of drug-likeness (QED) is 0.849. The summed E-state index contributed by atoms with van der Waals surface area (Å²) in [5.74, 6) is 0. The Balaban J connectivity index is 2.22. The van der Waals surface area contributed by atoms with Crippen molar-refractivity contribution in [3.05, 3.63) is 34.9 Å². The van der Waals surface area contributed by atoms with Gasteiger partial charge in [-0.3, -0.25) is 0 Å². The number of ether oxygens (including phenoxy) is 1. The number of hydrogen-bond acceptors (Lipinski definition) is 2. The van der Waals surface area contributed by atoms with Gasteiger partial charge in [-0.2, -0.15) is 0 Å². The van der Waals surface area contributed by atoms with Gasteiger partial charge in [0.05, 0.1) is 0 Å². The summed E-state index contributed by atoms with van der Waals surface area (Å²) in [7, 11) is 1.74. The molecule has 0 atom stereocenters. The molecule has 0 amide bonds. The predicted octanol–water partition coefficient (Wildman–Crippen LogP) is 2.22. The fourth-order valence-electron chi connectivity index (χ4n) is 2.12. The zero-order valence-electron chi connectivity index (χ0n) is 8.92. The minimum atomic E-state index is 0.189. The summed E-state index contributed by atoms with van der Waals surface area (Å²) >= 11 is 6.23. The maximum absolute atomic E-state index is 6.23. The maximum atomic E-state index is 6.23. The van der Waals surface area contributed by atoms with Crippen molar-refractivity contribution in [2.75, 3.05) is 26.8 Å². The van der Waals surface area contributed by atoms with E-state index in [0.29, 0.717) is 0 Å². The molecule has 1 aliphatic rings. The summed E-state index contributed by atoms with van der Waals surface area (Å²) in [6.07, 6.45) is 1.03. The SMILES string of the molecule is COCCC1(c2ccccc2Cl)CNC1. The highest BCUT2D eigenvalue weighted by Gasteiger charge is 2.39. The van der Waals surface area contributed by atoms with Crippen molar-refractivity contribution in [2.24, 2.45) is 0 Å². The zero-order chi connectivity index (χ0) is 10.7. The predicted molar refractivity (Wildman–Crippen MR) is 62.5 cm³/mol. The second kappa shape index (κ2) is 4.52. The van der Waals surface area contributed by atoms with E-state index in [1.807, 2.05) is 18.2 Å². The third-order valence-corrected chi connectivity index (χ3v) is 3.49. The van der Waals surface area contributed by atoms with E-state index in [0.717, 1.165) is 31.1 Å². The molecule has 2 rings (SSSR count). The van der Waals surface area contributed by atoms with Crippen LogP contribution in [0.5, 0.6) is 0 Å². The Hall–Kier alpha value is -0.570. The van der Waals surface area contributed by atoms with Crippen molar-refractivity contribution in [2.45, 2.75) is 11.8 Å². The highest BCUT2D eigenvalue weighted by atomic mass is 35.5. The fourth-order valence-corrected chi connectivity index (χ4v) is 2.45. The molecule has 3 heteroatoms. The second-order valence-corrected chi connectivity index (χ2v) is 4.51. The Morgan fingerprint density at radius 1 is 1.40 bits per heavy atom. The lowest BCUT2D eigenvalue weighted by Gasteiger charge is -2.43. The zero-order valence-corrected chi connectivity index (χ0v) is 9.68. The first kappa shape index (κ1) is 10.9. The minimum Gasteiger partial charge on any atom is -0.385 e. The van der Waals surface area contributed by atoms with Crippen LogP contribution in [0.25, 0.3) is 0 Å². The van der Waals surface area contributed by atoms with E-state index in [1.54, 1.807) is 7.11 Å². The van der Waals surface area contributed by atoms with Crippen LogP contribution >= 0.6 is 11.6 Å². The monoisotopic (exact) mass is 225 g/mol. The molecule has 1 aliphatic heterocycles. The number of rotatable bonds is 4. The Morgan fingerprint density at radius 2 is 2.13 bits per heavy atom. The number of methoxy groups -OCH3 is 1. The van der Waals surface area contributed by atoms with Crippen molar-refractivity contribution < 1.29 is 4.74 Å². The van der Waals surface area contributed by atoms with Crippen molar-refractivity contribution >= 4 is 11.6 Å². The van der Waals surface area contributed by atoms with Crippen LogP contribution < -0.4 is 5.32 Å². The Morgan fingerprint density at radius 3 is 2.67 bits per heavy atom. The fraction of sp³-hybridized carbons (Fsp3) is 0.500. The molecule has 1 aromatic rings. The third kappa shape index (κ3) is 2.03. The van der Waals surface area contributed by atoms with Crippen molar-refractivity contribution in [1.29, 1.82) is 0 Å². The lowest BCUT2D eigenvalue weighted by molar-refractivity contribution is 0.142. The van der Waals surface area contributed by atoms with Crippen LogP contribution in [-0.4, -0.2) is 26.8 Å². The van der Waals surface area contributed by atoms with E-state index in [-0.39, 0.29) is 5.41 Å². The van der Waals surface area contributed by atoms with Gasteiger partial charge >= 0.3 is 0 Å². The molecule has 15 heavy (non-hydrogen) atoms. The standard InChI is InChI=1S/C12H16ClNO/c1-15-7-6-12(8-14-9-12)10-4-2-3-5-11(10)13/h2-5,14H,6-9H2,1H3. The van der Waals surface area contributed by atoms with Gasteiger partial charge in [-0.15, -0.1) is 0 Å². The first-order chi connectivity index (χ1) is 7.28. The number of halogens is 1. The molecule has 0 unspecified atom stereocenters. The Labute approximate surface area is 95.6 Å². The molecular formula is C12H16ClNO. The molecule has 1 heterocycles. The molecule has 0 spiro atoms. The number of nitrogens with one attached hydrogen (secondary N) is 1. The maximum Gasteiger partial charge on any atom is 0.0471 e. The van der Waals surface area contributed by atoms with Gasteiger partial charge in [-0.1, -0.05) is 29.8 Å². The van der Waals surface area contributed by atoms with Crippen LogP contribution in [-0.2, 0) is 10.2 Å². The van der Waals surface area contributed by atoms with Gasteiger partial charge in [0.25, 0.3) is 0 Å². The highest BCUT2D eigenvalue weighted by molar-refractivity contribution is 6.31. The van der Waals surface area contributed by atoms with Gasteiger partial charge in [0, 0.05) is 37.2 Å². The molecule has 1 saturated heterocycles. The lowest BCUT2D eigenvalue weighted by Crippen LogP contribution is -2.57. The number of benzene rings is 1. The van der Waals surface area contributed by atoms with Crippen LogP contribution in [0, 0.1) is 0 Å². The van der Waals surface area contributed by atoms with Crippen LogP contribution in [0.15, 0.2) is 24.3 Å². The molecule has 1 fully saturated rings. The third-order valence-electron chi connectivity index (χ3n) is 3.16. The van der Waals surface area contributed by atoms with Crippen LogP contribution in [0.4, 0.5) is 0 Å².